The van der Waals surface area contributed by atoms with E-state index in [9.17, 15) is 27.6 Å². The molecule has 1 saturated carbocycles. The molecule has 53 heavy (non-hydrogen) atoms. The lowest BCUT2D eigenvalue weighted by molar-refractivity contribution is -0.146. The van der Waals surface area contributed by atoms with Crippen LogP contribution in [0.3, 0.4) is 0 Å². The molecule has 2 amide bonds. The number of rotatable bonds is 11. The number of amides is 2. The number of ether oxygens (including phenoxy) is 1. The molecule has 1 saturated heterocycles. The molecule has 2 fully saturated rings. The van der Waals surface area contributed by atoms with E-state index >= 15 is 0 Å². The molecule has 0 aromatic heterocycles. The number of carbonyl (C=O) groups excluding carboxylic acids is 3. The van der Waals surface area contributed by atoms with E-state index in [4.69, 9.17) is 4.74 Å². The molecular weight excluding hydrogens is 681 g/mol. The standard InChI is InChI=1S/C42H45F3N4O4/c1-53-41(52)37(28-29-10-4-2-5-11-29)47-40(51)38(31-12-6-3-7-13-31)49-26-24-48(25-27-49)34-22-20-33(21-23-34)46-39(50)36-15-9-8-14-35(36)30-16-18-32(19-17-30)42(43,44)45/h3,6-9,12-23,29,37-38H,2,4-5,10-11,24-28H2,1H3,(H,46,50)(H,47,51). The molecule has 2 unspecified atom stereocenters. The summed E-state index contributed by atoms with van der Waals surface area (Å²) in [5.41, 5.74) is 3.03. The van der Waals surface area contributed by atoms with Gasteiger partial charge in [0.05, 0.1) is 12.7 Å². The van der Waals surface area contributed by atoms with Crippen molar-refractivity contribution in [1.82, 2.24) is 10.2 Å². The third kappa shape index (κ3) is 9.45. The third-order valence-corrected chi connectivity index (χ3v) is 10.3. The van der Waals surface area contributed by atoms with E-state index in [0.29, 0.717) is 60.9 Å². The molecule has 278 valence electrons. The average molecular weight is 727 g/mol. The second-order valence-corrected chi connectivity index (χ2v) is 13.8. The minimum atomic E-state index is -4.44. The number of anilines is 2. The summed E-state index contributed by atoms with van der Waals surface area (Å²) in [4.78, 5) is 44.5. The van der Waals surface area contributed by atoms with Crippen LogP contribution in [-0.4, -0.2) is 62.0 Å². The molecule has 2 N–H and O–H groups in total. The number of hydrogen-bond donors (Lipinski definition) is 2. The number of benzene rings is 4. The first-order valence-corrected chi connectivity index (χ1v) is 18.2. The van der Waals surface area contributed by atoms with Crippen LogP contribution in [0.15, 0.2) is 103 Å². The van der Waals surface area contributed by atoms with E-state index in [1.165, 1.54) is 25.7 Å². The Bertz CT molecular complexity index is 1840. The van der Waals surface area contributed by atoms with Gasteiger partial charge in [-0.2, -0.15) is 13.2 Å². The number of esters is 1. The third-order valence-electron chi connectivity index (χ3n) is 10.3. The Morgan fingerprint density at radius 2 is 1.43 bits per heavy atom. The van der Waals surface area contributed by atoms with Crippen LogP contribution in [0.5, 0.6) is 0 Å². The van der Waals surface area contributed by atoms with Crippen LogP contribution in [0.4, 0.5) is 24.5 Å². The summed E-state index contributed by atoms with van der Waals surface area (Å²) in [5.74, 6) is -0.616. The van der Waals surface area contributed by atoms with Gasteiger partial charge >= 0.3 is 12.1 Å². The Morgan fingerprint density at radius 1 is 0.792 bits per heavy atom. The van der Waals surface area contributed by atoms with Crippen molar-refractivity contribution in [3.63, 3.8) is 0 Å². The Labute approximate surface area is 308 Å². The highest BCUT2D eigenvalue weighted by molar-refractivity contribution is 6.08. The molecule has 1 aliphatic carbocycles. The summed E-state index contributed by atoms with van der Waals surface area (Å²) in [7, 11) is 1.36. The second kappa shape index (κ2) is 17.1. The van der Waals surface area contributed by atoms with Gasteiger partial charge in [-0.1, -0.05) is 92.8 Å². The summed E-state index contributed by atoms with van der Waals surface area (Å²) < 4.78 is 44.4. The van der Waals surface area contributed by atoms with Crippen molar-refractivity contribution in [2.45, 2.75) is 56.8 Å². The lowest BCUT2D eigenvalue weighted by Gasteiger charge is -2.40. The lowest BCUT2D eigenvalue weighted by Crippen LogP contribution is -2.53. The fourth-order valence-corrected chi connectivity index (χ4v) is 7.49. The van der Waals surface area contributed by atoms with Crippen LogP contribution in [0.2, 0.25) is 0 Å². The van der Waals surface area contributed by atoms with Gasteiger partial charge in [0.25, 0.3) is 5.91 Å². The maximum atomic E-state index is 14.0. The van der Waals surface area contributed by atoms with Gasteiger partial charge in [-0.25, -0.2) is 4.79 Å². The zero-order valence-corrected chi connectivity index (χ0v) is 29.8. The predicted octanol–water partition coefficient (Wildman–Crippen LogP) is 8.12. The van der Waals surface area contributed by atoms with Gasteiger partial charge in [-0.05, 0) is 71.5 Å². The Morgan fingerprint density at radius 3 is 2.08 bits per heavy atom. The van der Waals surface area contributed by atoms with Crippen LogP contribution in [-0.2, 0) is 20.5 Å². The van der Waals surface area contributed by atoms with Crippen molar-refractivity contribution in [2.75, 3.05) is 43.5 Å². The van der Waals surface area contributed by atoms with Crippen molar-refractivity contribution in [3.8, 4) is 11.1 Å². The first kappa shape index (κ1) is 37.6. The quantitative estimate of drug-likeness (QED) is 0.152. The lowest BCUT2D eigenvalue weighted by atomic mass is 9.84. The summed E-state index contributed by atoms with van der Waals surface area (Å²) >= 11 is 0. The number of nitrogens with one attached hydrogen (secondary N) is 2. The molecule has 0 spiro atoms. The van der Waals surface area contributed by atoms with Crippen LogP contribution < -0.4 is 15.5 Å². The van der Waals surface area contributed by atoms with E-state index in [2.05, 4.69) is 20.4 Å². The predicted molar refractivity (Wildman–Crippen MR) is 199 cm³/mol. The van der Waals surface area contributed by atoms with Gasteiger partial charge in [-0.3, -0.25) is 14.5 Å². The zero-order chi connectivity index (χ0) is 37.4. The fraction of sp³-hybridized carbons (Fsp3) is 0.357. The zero-order valence-electron chi connectivity index (χ0n) is 29.8. The number of alkyl halides is 3. The number of nitrogens with zero attached hydrogens (tertiary/aromatic N) is 2. The smallest absolute Gasteiger partial charge is 0.416 e. The molecule has 1 aliphatic heterocycles. The number of halogens is 3. The molecule has 0 radical (unpaired) electrons. The fourth-order valence-electron chi connectivity index (χ4n) is 7.49. The van der Waals surface area contributed by atoms with E-state index in [0.717, 1.165) is 49.1 Å². The first-order chi connectivity index (χ1) is 25.6. The highest BCUT2D eigenvalue weighted by Crippen LogP contribution is 2.33. The molecule has 8 nitrogen and oxygen atoms in total. The van der Waals surface area contributed by atoms with E-state index < -0.39 is 29.8 Å². The maximum Gasteiger partial charge on any atom is 0.416 e. The second-order valence-electron chi connectivity index (χ2n) is 13.8. The normalized spacial score (nSPS) is 16.7. The van der Waals surface area contributed by atoms with Crippen LogP contribution in [0.25, 0.3) is 11.1 Å². The highest BCUT2D eigenvalue weighted by Gasteiger charge is 2.35. The minimum absolute atomic E-state index is 0.212. The minimum Gasteiger partial charge on any atom is -0.467 e. The van der Waals surface area contributed by atoms with Gasteiger partial charge in [0.15, 0.2) is 0 Å². The highest BCUT2D eigenvalue weighted by atomic mass is 19.4. The number of piperazine rings is 1. The Kier molecular flexibility index (Phi) is 12.1. The maximum absolute atomic E-state index is 14.0. The van der Waals surface area contributed by atoms with Gasteiger partial charge < -0.3 is 20.3 Å². The van der Waals surface area contributed by atoms with Crippen molar-refractivity contribution < 1.29 is 32.3 Å². The van der Waals surface area contributed by atoms with Crippen LogP contribution in [0.1, 0.15) is 66.1 Å². The molecule has 6 rings (SSSR count). The van der Waals surface area contributed by atoms with E-state index in [1.807, 2.05) is 54.6 Å². The van der Waals surface area contributed by atoms with Gasteiger partial charge in [0.2, 0.25) is 5.91 Å². The molecule has 1 heterocycles. The Balaban J connectivity index is 1.09. The molecular formula is C42H45F3N4O4. The average Bonchev–Trinajstić information content (AvgIpc) is 3.18. The van der Waals surface area contributed by atoms with Crippen molar-refractivity contribution >= 4 is 29.2 Å². The Hall–Kier alpha value is -5.16. The summed E-state index contributed by atoms with van der Waals surface area (Å²) in [5, 5.41) is 5.98. The molecule has 4 aromatic rings. The van der Waals surface area contributed by atoms with E-state index in [1.54, 1.807) is 24.3 Å². The number of methoxy groups -OCH3 is 1. The summed E-state index contributed by atoms with van der Waals surface area (Å²) in [6.45, 7) is 2.53. The van der Waals surface area contributed by atoms with Gasteiger partial charge in [0.1, 0.15) is 12.1 Å². The number of carbonyl (C=O) groups is 3. The summed E-state index contributed by atoms with van der Waals surface area (Å²) in [6.07, 6.45) is 1.74. The van der Waals surface area contributed by atoms with Crippen molar-refractivity contribution in [1.29, 1.82) is 0 Å². The SMILES string of the molecule is COC(=O)C(CC1CCCCC1)NC(=O)C(c1ccccc1)N1CCN(c2ccc(NC(=O)c3ccccc3-c3ccc(C(F)(F)F)cc3)cc2)CC1. The van der Waals surface area contributed by atoms with Gasteiger partial charge in [-0.15, -0.1) is 0 Å². The molecule has 0 bridgehead atoms. The molecule has 4 aromatic carbocycles. The topological polar surface area (TPSA) is 91.0 Å². The monoisotopic (exact) mass is 726 g/mol. The molecule has 2 atom stereocenters. The van der Waals surface area contributed by atoms with Gasteiger partial charge in [0, 0.05) is 43.1 Å². The van der Waals surface area contributed by atoms with Crippen molar-refractivity contribution in [2.24, 2.45) is 5.92 Å². The van der Waals surface area contributed by atoms with Crippen molar-refractivity contribution in [3.05, 3.63) is 120 Å². The molecule has 2 aliphatic rings. The van der Waals surface area contributed by atoms with E-state index in [-0.39, 0.29) is 11.8 Å². The number of hydrogen-bond acceptors (Lipinski definition) is 6. The molecule has 11 heteroatoms. The largest absolute Gasteiger partial charge is 0.467 e. The summed E-state index contributed by atoms with van der Waals surface area (Å²) in [6, 6.07) is 27.4. The van der Waals surface area contributed by atoms with Crippen LogP contribution >= 0.6 is 0 Å². The van der Waals surface area contributed by atoms with Crippen LogP contribution in [0, 0.1) is 5.92 Å². The first-order valence-electron chi connectivity index (χ1n) is 18.2.